The summed E-state index contributed by atoms with van der Waals surface area (Å²) >= 11 is 0. The molecule has 0 aliphatic heterocycles. The smallest absolute Gasteiger partial charge is 0.358 e. The molecule has 1 aromatic carbocycles. The molecule has 0 saturated carbocycles. The first kappa shape index (κ1) is 15.0. The molecule has 0 bridgehead atoms. The van der Waals surface area contributed by atoms with Gasteiger partial charge in [0.25, 0.3) is 5.56 Å². The summed E-state index contributed by atoms with van der Waals surface area (Å²) in [5.74, 6) is -0.539. The van der Waals surface area contributed by atoms with Crippen LogP contribution in [-0.2, 0) is 4.74 Å². The second kappa shape index (κ2) is 5.72. The number of esters is 1. The van der Waals surface area contributed by atoms with Crippen LogP contribution in [0, 0.1) is 13.8 Å². The first-order valence-electron chi connectivity index (χ1n) is 7.36. The van der Waals surface area contributed by atoms with Crippen molar-refractivity contribution >= 4 is 11.6 Å². The van der Waals surface area contributed by atoms with Crippen LogP contribution >= 0.6 is 0 Å². The summed E-state index contributed by atoms with van der Waals surface area (Å²) in [4.78, 5) is 30.8. The highest BCUT2D eigenvalue weighted by molar-refractivity contribution is 5.88. The van der Waals surface area contributed by atoms with Crippen LogP contribution < -0.4 is 5.56 Å². The van der Waals surface area contributed by atoms with Gasteiger partial charge in [0.1, 0.15) is 0 Å². The van der Waals surface area contributed by atoms with Gasteiger partial charge in [0, 0.05) is 12.4 Å². The van der Waals surface area contributed by atoms with Crippen LogP contribution in [0.5, 0.6) is 0 Å². The number of fused-ring (bicyclic) bond motifs is 1. The summed E-state index contributed by atoms with van der Waals surface area (Å²) < 4.78 is 6.47. The third-order valence-corrected chi connectivity index (χ3v) is 3.75. The maximum Gasteiger partial charge on any atom is 0.358 e. The van der Waals surface area contributed by atoms with E-state index in [0.717, 1.165) is 11.1 Å². The third-order valence-electron chi connectivity index (χ3n) is 3.75. The predicted octanol–water partition coefficient (Wildman–Crippen LogP) is 2.48. The first-order valence-corrected chi connectivity index (χ1v) is 7.36. The predicted molar refractivity (Wildman–Crippen MR) is 86.7 cm³/mol. The Hall–Kier alpha value is -2.89. The Morgan fingerprint density at radius 1 is 1.26 bits per heavy atom. The number of carbonyl (C=O) groups is 1. The average Bonchev–Trinajstić information content (AvgIpc) is 2.95. The maximum atomic E-state index is 12.2. The van der Waals surface area contributed by atoms with E-state index in [9.17, 15) is 9.59 Å². The van der Waals surface area contributed by atoms with Crippen molar-refractivity contribution in [1.82, 2.24) is 14.4 Å². The fourth-order valence-electron chi connectivity index (χ4n) is 2.37. The number of nitrogens with one attached hydrogen (secondary N) is 1. The standard InChI is InChI=1S/C17H17N3O3/c1-4-23-17(22)14-9-20-8-13(19-16(21)15(20)18-14)12-6-5-10(2)11(3)7-12/h5-9H,4H2,1-3H3,(H,19,21). The summed E-state index contributed by atoms with van der Waals surface area (Å²) in [7, 11) is 0. The van der Waals surface area contributed by atoms with E-state index < -0.39 is 5.97 Å². The van der Waals surface area contributed by atoms with Gasteiger partial charge in [0.2, 0.25) is 5.65 Å². The summed E-state index contributed by atoms with van der Waals surface area (Å²) in [6.45, 7) is 6.04. The van der Waals surface area contributed by atoms with E-state index in [2.05, 4.69) is 9.97 Å². The second-order valence-electron chi connectivity index (χ2n) is 5.37. The normalized spacial score (nSPS) is 10.9. The molecule has 6 heteroatoms. The van der Waals surface area contributed by atoms with Crippen LogP contribution in [0.3, 0.4) is 0 Å². The van der Waals surface area contributed by atoms with Gasteiger partial charge in [-0.1, -0.05) is 12.1 Å². The van der Waals surface area contributed by atoms with Crippen molar-refractivity contribution in [2.45, 2.75) is 20.8 Å². The van der Waals surface area contributed by atoms with Crippen molar-refractivity contribution in [3.8, 4) is 11.3 Å². The van der Waals surface area contributed by atoms with E-state index in [1.165, 1.54) is 11.8 Å². The second-order valence-corrected chi connectivity index (χ2v) is 5.37. The van der Waals surface area contributed by atoms with Crippen LogP contribution in [0.4, 0.5) is 0 Å². The van der Waals surface area contributed by atoms with E-state index in [0.29, 0.717) is 5.69 Å². The van der Waals surface area contributed by atoms with Crippen LogP contribution in [0.2, 0.25) is 0 Å². The number of hydrogen-bond acceptors (Lipinski definition) is 4. The Morgan fingerprint density at radius 3 is 2.74 bits per heavy atom. The van der Waals surface area contributed by atoms with Crippen LogP contribution in [0.15, 0.2) is 35.4 Å². The minimum Gasteiger partial charge on any atom is -0.461 e. The van der Waals surface area contributed by atoms with Gasteiger partial charge in [-0.05, 0) is 43.5 Å². The van der Waals surface area contributed by atoms with Gasteiger partial charge < -0.3 is 9.72 Å². The number of benzene rings is 1. The molecule has 3 rings (SSSR count). The summed E-state index contributed by atoms with van der Waals surface area (Å²) in [5, 5.41) is 0. The van der Waals surface area contributed by atoms with Crippen molar-refractivity contribution in [2.75, 3.05) is 6.61 Å². The van der Waals surface area contributed by atoms with E-state index in [-0.39, 0.29) is 23.5 Å². The number of rotatable bonds is 3. The highest BCUT2D eigenvalue weighted by atomic mass is 16.5. The summed E-state index contributed by atoms with van der Waals surface area (Å²) in [6.07, 6.45) is 3.25. The zero-order valence-corrected chi connectivity index (χ0v) is 13.2. The molecule has 0 aliphatic rings. The number of ether oxygens (including phenoxy) is 1. The quantitative estimate of drug-likeness (QED) is 0.754. The molecule has 0 saturated heterocycles. The van der Waals surface area contributed by atoms with E-state index in [1.807, 2.05) is 32.0 Å². The Kier molecular flexibility index (Phi) is 3.73. The zero-order chi connectivity index (χ0) is 16.6. The highest BCUT2D eigenvalue weighted by Gasteiger charge is 2.14. The molecule has 3 aromatic rings. The molecular weight excluding hydrogens is 294 g/mol. The van der Waals surface area contributed by atoms with Crippen molar-refractivity contribution in [3.63, 3.8) is 0 Å². The van der Waals surface area contributed by atoms with E-state index in [4.69, 9.17) is 4.74 Å². The molecule has 0 fully saturated rings. The lowest BCUT2D eigenvalue weighted by Gasteiger charge is -2.06. The number of hydrogen-bond donors (Lipinski definition) is 1. The Labute approximate surface area is 132 Å². The molecule has 0 amide bonds. The maximum absolute atomic E-state index is 12.2. The number of aryl methyl sites for hydroxylation is 2. The van der Waals surface area contributed by atoms with Crippen LogP contribution in [0.1, 0.15) is 28.5 Å². The Bertz CT molecular complexity index is 953. The van der Waals surface area contributed by atoms with Crippen molar-refractivity contribution < 1.29 is 9.53 Å². The van der Waals surface area contributed by atoms with Gasteiger partial charge in [0.05, 0.1) is 12.3 Å². The largest absolute Gasteiger partial charge is 0.461 e. The van der Waals surface area contributed by atoms with Gasteiger partial charge in [-0.15, -0.1) is 0 Å². The highest BCUT2D eigenvalue weighted by Crippen LogP contribution is 2.19. The fraction of sp³-hybridized carbons (Fsp3) is 0.235. The molecule has 1 N–H and O–H groups in total. The third kappa shape index (κ3) is 2.75. The summed E-state index contributed by atoms with van der Waals surface area (Å²) in [6, 6.07) is 5.96. The van der Waals surface area contributed by atoms with Gasteiger partial charge >= 0.3 is 5.97 Å². The van der Waals surface area contributed by atoms with E-state index in [1.54, 1.807) is 17.5 Å². The molecule has 0 radical (unpaired) electrons. The Balaban J connectivity index is 2.11. The van der Waals surface area contributed by atoms with Crippen molar-refractivity contribution in [3.05, 3.63) is 57.8 Å². The molecule has 0 atom stereocenters. The lowest BCUT2D eigenvalue weighted by atomic mass is 10.0. The molecule has 6 nitrogen and oxygen atoms in total. The Morgan fingerprint density at radius 2 is 2.04 bits per heavy atom. The van der Waals surface area contributed by atoms with Crippen LogP contribution in [-0.4, -0.2) is 26.9 Å². The number of aromatic nitrogens is 3. The van der Waals surface area contributed by atoms with E-state index >= 15 is 0 Å². The SMILES string of the molecule is CCOC(=O)c1cn2cc(-c3ccc(C)c(C)c3)[nH]c(=O)c2n1. The molecule has 118 valence electrons. The topological polar surface area (TPSA) is 76.5 Å². The zero-order valence-electron chi connectivity index (χ0n) is 13.2. The van der Waals surface area contributed by atoms with Gasteiger partial charge in [-0.2, -0.15) is 0 Å². The lowest BCUT2D eigenvalue weighted by Crippen LogP contribution is -2.11. The molecule has 0 unspecified atom stereocenters. The van der Waals surface area contributed by atoms with Gasteiger partial charge in [0.15, 0.2) is 5.69 Å². The number of H-pyrrole nitrogens is 1. The fourth-order valence-corrected chi connectivity index (χ4v) is 2.37. The minimum absolute atomic E-state index is 0.120. The molecule has 0 spiro atoms. The van der Waals surface area contributed by atoms with Crippen LogP contribution in [0.25, 0.3) is 16.9 Å². The first-order chi connectivity index (χ1) is 11.0. The number of imidazole rings is 1. The van der Waals surface area contributed by atoms with Gasteiger partial charge in [-0.25, -0.2) is 9.78 Å². The molecule has 2 heterocycles. The number of carbonyl (C=O) groups excluding carboxylic acids is 1. The molecule has 0 aliphatic carbocycles. The molecule has 2 aromatic heterocycles. The van der Waals surface area contributed by atoms with Crippen molar-refractivity contribution in [1.29, 1.82) is 0 Å². The number of aromatic amines is 1. The summed E-state index contributed by atoms with van der Waals surface area (Å²) in [5.41, 5.74) is 3.83. The monoisotopic (exact) mass is 311 g/mol. The lowest BCUT2D eigenvalue weighted by molar-refractivity contribution is 0.0520. The number of nitrogens with zero attached hydrogens (tertiary/aromatic N) is 2. The van der Waals surface area contributed by atoms with Gasteiger partial charge in [-0.3, -0.25) is 9.20 Å². The molecule has 23 heavy (non-hydrogen) atoms. The minimum atomic E-state index is -0.539. The molecular formula is C17H17N3O3. The average molecular weight is 311 g/mol. The van der Waals surface area contributed by atoms with Crippen molar-refractivity contribution in [2.24, 2.45) is 0 Å².